The summed E-state index contributed by atoms with van der Waals surface area (Å²) in [4.78, 5) is 36.7. The van der Waals surface area contributed by atoms with Crippen LogP contribution in [0.25, 0.3) is 0 Å². The number of carbonyl (C=O) groups excluding carboxylic acids is 3. The Bertz CT molecular complexity index is 479. The number of esters is 1. The molecular formula is C17H23NO4. The van der Waals surface area contributed by atoms with Crippen LogP contribution in [-0.4, -0.2) is 35.8 Å². The van der Waals surface area contributed by atoms with Crippen LogP contribution in [0.15, 0.2) is 23.8 Å². The van der Waals surface area contributed by atoms with Crippen LogP contribution in [0.2, 0.25) is 0 Å². The molecule has 1 aliphatic carbocycles. The Morgan fingerprint density at radius 1 is 1.05 bits per heavy atom. The third-order valence-electron chi connectivity index (χ3n) is 4.16. The first-order valence-corrected chi connectivity index (χ1v) is 8.02. The van der Waals surface area contributed by atoms with Gasteiger partial charge in [-0.05, 0) is 44.9 Å². The molecule has 0 saturated carbocycles. The highest BCUT2D eigenvalue weighted by atomic mass is 16.5. The number of ether oxygens (including phenoxy) is 1. The molecule has 0 aromatic carbocycles. The van der Waals surface area contributed by atoms with Crippen molar-refractivity contribution in [3.63, 3.8) is 0 Å². The van der Waals surface area contributed by atoms with Crippen LogP contribution >= 0.6 is 0 Å². The summed E-state index contributed by atoms with van der Waals surface area (Å²) >= 11 is 0. The quantitative estimate of drug-likeness (QED) is 0.299. The van der Waals surface area contributed by atoms with E-state index in [1.165, 1.54) is 4.90 Å². The molecule has 0 atom stereocenters. The minimum absolute atomic E-state index is 0.0698. The van der Waals surface area contributed by atoms with E-state index in [1.807, 2.05) is 0 Å². The topological polar surface area (TPSA) is 63.7 Å². The molecule has 0 N–H and O–H groups in total. The molecular weight excluding hydrogens is 282 g/mol. The molecule has 2 rings (SSSR count). The average Bonchev–Trinajstić information content (AvgIpc) is 2.78. The second-order valence-electron chi connectivity index (χ2n) is 5.71. The minimum atomic E-state index is -0.398. The number of carbonyl (C=O) groups is 3. The predicted octanol–water partition coefficient (Wildman–Crippen LogP) is 2.52. The number of amides is 2. The van der Waals surface area contributed by atoms with Gasteiger partial charge in [0.15, 0.2) is 0 Å². The molecule has 0 aromatic heterocycles. The molecule has 5 heteroatoms. The predicted molar refractivity (Wildman–Crippen MR) is 81.8 cm³/mol. The molecule has 0 fully saturated rings. The summed E-state index contributed by atoms with van der Waals surface area (Å²) in [5.41, 5.74) is 1.51. The van der Waals surface area contributed by atoms with Crippen molar-refractivity contribution >= 4 is 17.8 Å². The smallest absolute Gasteiger partial charge is 0.330 e. The van der Waals surface area contributed by atoms with E-state index in [4.69, 9.17) is 4.74 Å². The molecule has 1 heterocycles. The zero-order valence-corrected chi connectivity index (χ0v) is 12.9. The number of rotatable bonds is 8. The molecule has 0 saturated heterocycles. The lowest BCUT2D eigenvalue weighted by molar-refractivity contribution is -0.139. The van der Waals surface area contributed by atoms with Crippen LogP contribution in [-0.2, 0) is 19.1 Å². The van der Waals surface area contributed by atoms with Crippen molar-refractivity contribution in [2.75, 3.05) is 13.2 Å². The first kappa shape index (κ1) is 16.5. The Kier molecular flexibility index (Phi) is 5.92. The zero-order valence-electron chi connectivity index (χ0n) is 12.9. The zero-order chi connectivity index (χ0) is 15.9. The average molecular weight is 305 g/mol. The van der Waals surface area contributed by atoms with E-state index in [2.05, 4.69) is 6.58 Å². The Labute approximate surface area is 131 Å². The maximum atomic E-state index is 12.2. The fourth-order valence-electron chi connectivity index (χ4n) is 2.96. The molecule has 1 aliphatic heterocycles. The molecule has 22 heavy (non-hydrogen) atoms. The summed E-state index contributed by atoms with van der Waals surface area (Å²) in [6.45, 7) is 4.22. The van der Waals surface area contributed by atoms with Crippen molar-refractivity contribution in [2.45, 2.75) is 51.4 Å². The molecule has 2 aliphatic rings. The molecule has 0 spiro atoms. The summed E-state index contributed by atoms with van der Waals surface area (Å²) in [5.74, 6) is -0.538. The number of imide groups is 1. The third kappa shape index (κ3) is 3.84. The third-order valence-corrected chi connectivity index (χ3v) is 4.16. The van der Waals surface area contributed by atoms with Crippen molar-refractivity contribution in [3.05, 3.63) is 23.8 Å². The van der Waals surface area contributed by atoms with Crippen molar-refractivity contribution in [3.8, 4) is 0 Å². The summed E-state index contributed by atoms with van der Waals surface area (Å²) in [5, 5.41) is 0. The minimum Gasteiger partial charge on any atom is -0.463 e. The van der Waals surface area contributed by atoms with Gasteiger partial charge in [0.05, 0.1) is 6.61 Å². The second kappa shape index (κ2) is 7.92. The van der Waals surface area contributed by atoms with E-state index in [9.17, 15) is 14.4 Å². The van der Waals surface area contributed by atoms with Crippen LogP contribution in [0, 0.1) is 0 Å². The van der Waals surface area contributed by atoms with E-state index in [0.29, 0.717) is 13.2 Å². The van der Waals surface area contributed by atoms with Gasteiger partial charge in [-0.1, -0.05) is 13.0 Å². The van der Waals surface area contributed by atoms with E-state index < -0.39 is 5.97 Å². The Morgan fingerprint density at radius 2 is 1.64 bits per heavy atom. The Morgan fingerprint density at radius 3 is 2.23 bits per heavy atom. The highest BCUT2D eigenvalue weighted by Crippen LogP contribution is 2.32. The van der Waals surface area contributed by atoms with Gasteiger partial charge in [-0.2, -0.15) is 0 Å². The van der Waals surface area contributed by atoms with Gasteiger partial charge in [-0.25, -0.2) is 4.79 Å². The maximum Gasteiger partial charge on any atom is 0.330 e. The van der Waals surface area contributed by atoms with Crippen LogP contribution in [0.1, 0.15) is 51.4 Å². The molecule has 2 amide bonds. The summed E-state index contributed by atoms with van der Waals surface area (Å²) in [6, 6.07) is 0. The maximum absolute atomic E-state index is 12.2. The van der Waals surface area contributed by atoms with E-state index in [0.717, 1.165) is 68.6 Å². The van der Waals surface area contributed by atoms with Crippen LogP contribution < -0.4 is 0 Å². The number of hydrogen-bond acceptors (Lipinski definition) is 4. The first-order chi connectivity index (χ1) is 10.6. The van der Waals surface area contributed by atoms with Crippen molar-refractivity contribution in [1.82, 2.24) is 4.90 Å². The lowest BCUT2D eigenvalue weighted by Gasteiger charge is -2.14. The molecule has 0 bridgehead atoms. The lowest BCUT2D eigenvalue weighted by Crippen LogP contribution is -2.32. The molecule has 0 aromatic rings. The van der Waals surface area contributed by atoms with E-state index in [-0.39, 0.29) is 11.8 Å². The van der Waals surface area contributed by atoms with Gasteiger partial charge in [-0.3, -0.25) is 14.5 Å². The number of nitrogens with zero attached hydrogens (tertiary/aromatic N) is 1. The van der Waals surface area contributed by atoms with Crippen molar-refractivity contribution < 1.29 is 19.1 Å². The standard InChI is InChI=1S/C17H23NO4/c1-2-15(19)22-12-8-4-3-7-11-18-16(20)13-9-5-6-10-14(13)17(18)21/h2H,1,3-12H2. The molecule has 0 unspecified atom stereocenters. The van der Waals surface area contributed by atoms with Crippen molar-refractivity contribution in [1.29, 1.82) is 0 Å². The summed E-state index contributed by atoms with van der Waals surface area (Å²) < 4.78 is 4.89. The van der Waals surface area contributed by atoms with Gasteiger partial charge in [0.25, 0.3) is 11.8 Å². The van der Waals surface area contributed by atoms with Gasteiger partial charge in [0.1, 0.15) is 0 Å². The summed E-state index contributed by atoms with van der Waals surface area (Å²) in [6.07, 6.45) is 8.09. The summed E-state index contributed by atoms with van der Waals surface area (Å²) in [7, 11) is 0. The number of hydrogen-bond donors (Lipinski definition) is 0. The molecule has 5 nitrogen and oxygen atoms in total. The first-order valence-electron chi connectivity index (χ1n) is 8.02. The monoisotopic (exact) mass is 305 g/mol. The Hall–Kier alpha value is -1.91. The van der Waals surface area contributed by atoms with E-state index in [1.54, 1.807) is 0 Å². The van der Waals surface area contributed by atoms with Crippen molar-refractivity contribution in [2.24, 2.45) is 0 Å². The van der Waals surface area contributed by atoms with Gasteiger partial charge in [0.2, 0.25) is 0 Å². The lowest BCUT2D eigenvalue weighted by atomic mass is 9.93. The Balaban J connectivity index is 1.64. The highest BCUT2D eigenvalue weighted by Gasteiger charge is 2.38. The van der Waals surface area contributed by atoms with Gasteiger partial charge in [0, 0.05) is 23.8 Å². The normalized spacial score (nSPS) is 17.7. The van der Waals surface area contributed by atoms with Gasteiger partial charge >= 0.3 is 5.97 Å². The largest absolute Gasteiger partial charge is 0.463 e. The van der Waals surface area contributed by atoms with Crippen LogP contribution in [0.4, 0.5) is 0 Å². The fourth-order valence-corrected chi connectivity index (χ4v) is 2.96. The highest BCUT2D eigenvalue weighted by molar-refractivity contribution is 6.19. The van der Waals surface area contributed by atoms with E-state index >= 15 is 0 Å². The molecule has 120 valence electrons. The van der Waals surface area contributed by atoms with Crippen LogP contribution in [0.3, 0.4) is 0 Å². The SMILES string of the molecule is C=CC(=O)OCCCCCCN1C(=O)C2=C(CCCC2)C1=O. The second-order valence-corrected chi connectivity index (χ2v) is 5.71. The molecule has 0 radical (unpaired) electrons. The van der Waals surface area contributed by atoms with Gasteiger partial charge in [-0.15, -0.1) is 0 Å². The fraction of sp³-hybridized carbons (Fsp3) is 0.588. The number of unbranched alkanes of at least 4 members (excludes halogenated alkanes) is 3. The van der Waals surface area contributed by atoms with Crippen LogP contribution in [0.5, 0.6) is 0 Å². The van der Waals surface area contributed by atoms with Gasteiger partial charge < -0.3 is 4.74 Å².